The van der Waals surface area contributed by atoms with Gasteiger partial charge in [-0.2, -0.15) is 4.31 Å². The highest BCUT2D eigenvalue weighted by Gasteiger charge is 2.35. The van der Waals surface area contributed by atoms with Crippen LogP contribution in [0.4, 0.5) is 5.69 Å². The fourth-order valence-electron chi connectivity index (χ4n) is 4.32. The molecule has 0 atom stereocenters. The molecule has 3 heterocycles. The van der Waals surface area contributed by atoms with E-state index in [2.05, 4.69) is 27.1 Å². The fraction of sp³-hybridized carbons (Fsp3) is 0.435. The number of aryl methyl sites for hydroxylation is 1. The highest BCUT2D eigenvalue weighted by Crippen LogP contribution is 2.38. The van der Waals surface area contributed by atoms with Crippen molar-refractivity contribution < 1.29 is 18.0 Å². The monoisotopic (exact) mass is 486 g/mol. The van der Waals surface area contributed by atoms with Crippen molar-refractivity contribution in [1.29, 1.82) is 0 Å². The van der Waals surface area contributed by atoms with Gasteiger partial charge in [-0.3, -0.25) is 9.59 Å². The number of aromatic nitrogens is 2. The molecule has 2 aliphatic heterocycles. The number of aromatic amines is 1. The van der Waals surface area contributed by atoms with Crippen LogP contribution in [0.25, 0.3) is 11.6 Å². The third-order valence-electron chi connectivity index (χ3n) is 6.19. The first kappa shape index (κ1) is 24.1. The number of sulfonamides is 1. The number of amides is 2. The Labute approximate surface area is 199 Å². The number of fused-ring (bicyclic) bond motifs is 1. The van der Waals surface area contributed by atoms with Crippen LogP contribution in [0.2, 0.25) is 0 Å². The number of imidazole rings is 1. The number of carbonyl (C=O) groups is 2. The first-order chi connectivity index (χ1) is 16.1. The number of carbonyl (C=O) groups excluding carboxylic acids is 2. The number of rotatable bonds is 5. The van der Waals surface area contributed by atoms with Gasteiger partial charge < -0.3 is 20.1 Å². The maximum atomic E-state index is 13.7. The van der Waals surface area contributed by atoms with Crippen molar-refractivity contribution in [1.82, 2.24) is 24.1 Å². The van der Waals surface area contributed by atoms with E-state index >= 15 is 0 Å². The molecule has 0 radical (unpaired) electrons. The van der Waals surface area contributed by atoms with Gasteiger partial charge in [-0.15, -0.1) is 0 Å². The minimum atomic E-state index is -3.84. The van der Waals surface area contributed by atoms with Crippen LogP contribution in [0.1, 0.15) is 40.9 Å². The Balaban J connectivity index is 1.75. The van der Waals surface area contributed by atoms with Crippen LogP contribution in [0.5, 0.6) is 0 Å². The number of hydrogen-bond acceptors (Lipinski definition) is 6. The number of nitrogens with one attached hydrogen (secondary N) is 2. The van der Waals surface area contributed by atoms with Crippen LogP contribution in [-0.4, -0.2) is 91.1 Å². The Hall–Kier alpha value is -3.02. The lowest BCUT2D eigenvalue weighted by molar-refractivity contribution is -0.110. The highest BCUT2D eigenvalue weighted by molar-refractivity contribution is 7.89. The van der Waals surface area contributed by atoms with Crippen LogP contribution >= 0.6 is 0 Å². The van der Waals surface area contributed by atoms with Crippen molar-refractivity contribution in [3.63, 3.8) is 0 Å². The molecule has 182 valence electrons. The molecule has 2 aliphatic rings. The quantitative estimate of drug-likeness (QED) is 0.620. The second-order valence-corrected chi connectivity index (χ2v) is 10.6. The number of hydrogen-bond donors (Lipinski definition) is 2. The van der Waals surface area contributed by atoms with Gasteiger partial charge in [0.15, 0.2) is 0 Å². The van der Waals surface area contributed by atoms with E-state index in [0.29, 0.717) is 42.4 Å². The van der Waals surface area contributed by atoms with Gasteiger partial charge >= 0.3 is 0 Å². The van der Waals surface area contributed by atoms with Gasteiger partial charge in [0.25, 0.3) is 11.8 Å². The van der Waals surface area contributed by atoms with Crippen LogP contribution in [0.3, 0.4) is 0 Å². The molecule has 0 unspecified atom stereocenters. The first-order valence-corrected chi connectivity index (χ1v) is 12.7. The minimum Gasteiger partial charge on any atom is -0.343 e. The van der Waals surface area contributed by atoms with E-state index in [1.54, 1.807) is 39.2 Å². The van der Waals surface area contributed by atoms with Crippen molar-refractivity contribution in [2.45, 2.75) is 25.2 Å². The molecule has 11 heteroatoms. The lowest BCUT2D eigenvalue weighted by atomic mass is 10.1. The van der Waals surface area contributed by atoms with Crippen molar-refractivity contribution in [2.75, 3.05) is 52.1 Å². The molecule has 2 N–H and O–H groups in total. The Bertz CT molecular complexity index is 1260. The molecule has 1 saturated heterocycles. The van der Waals surface area contributed by atoms with Gasteiger partial charge in [0.05, 0.1) is 16.2 Å². The maximum absolute atomic E-state index is 13.7. The molecule has 0 saturated carbocycles. The Morgan fingerprint density at radius 2 is 1.97 bits per heavy atom. The second kappa shape index (κ2) is 9.32. The topological polar surface area (TPSA) is 119 Å². The van der Waals surface area contributed by atoms with E-state index in [1.807, 2.05) is 0 Å². The third-order valence-corrected chi connectivity index (χ3v) is 8.13. The average Bonchev–Trinajstić information content (AvgIpc) is 3.19. The summed E-state index contributed by atoms with van der Waals surface area (Å²) in [5.41, 5.74) is 1.78. The summed E-state index contributed by atoms with van der Waals surface area (Å²) in [7, 11) is -0.569. The number of likely N-dealkylation sites (N-methyl/N-ethyl adjacent to an activating group) is 1. The summed E-state index contributed by atoms with van der Waals surface area (Å²) in [6.45, 7) is 7.01. The Morgan fingerprint density at radius 1 is 1.21 bits per heavy atom. The van der Waals surface area contributed by atoms with Gasteiger partial charge in [0.1, 0.15) is 11.5 Å². The zero-order valence-electron chi connectivity index (χ0n) is 19.9. The summed E-state index contributed by atoms with van der Waals surface area (Å²) >= 11 is 0. The lowest BCUT2D eigenvalue weighted by Crippen LogP contribution is -2.35. The minimum absolute atomic E-state index is 0.0902. The molecule has 1 aromatic heterocycles. The van der Waals surface area contributed by atoms with E-state index in [9.17, 15) is 18.0 Å². The van der Waals surface area contributed by atoms with E-state index in [4.69, 9.17) is 0 Å². The van der Waals surface area contributed by atoms with Crippen molar-refractivity contribution >= 4 is 39.2 Å². The molecular weight excluding hydrogens is 456 g/mol. The highest BCUT2D eigenvalue weighted by atomic mass is 32.2. The van der Waals surface area contributed by atoms with Gasteiger partial charge in [-0.25, -0.2) is 13.4 Å². The Morgan fingerprint density at radius 3 is 2.68 bits per heavy atom. The molecule has 2 aromatic rings. The molecule has 0 spiro atoms. The van der Waals surface area contributed by atoms with Crippen LogP contribution in [0, 0.1) is 6.92 Å². The molecular formula is C23H30N6O4S. The average molecular weight is 487 g/mol. The van der Waals surface area contributed by atoms with Crippen LogP contribution < -0.4 is 5.32 Å². The largest absolute Gasteiger partial charge is 0.343 e. The van der Waals surface area contributed by atoms with E-state index in [1.165, 1.54) is 15.3 Å². The summed E-state index contributed by atoms with van der Waals surface area (Å²) in [6, 6.07) is 4.86. The molecule has 4 rings (SSSR count). The normalized spacial score (nSPS) is 18.6. The van der Waals surface area contributed by atoms with E-state index < -0.39 is 15.9 Å². The summed E-state index contributed by atoms with van der Waals surface area (Å²) < 4.78 is 28.9. The zero-order chi connectivity index (χ0) is 24.6. The molecule has 1 aromatic carbocycles. The van der Waals surface area contributed by atoms with Gasteiger partial charge in [0, 0.05) is 45.0 Å². The lowest BCUT2D eigenvalue weighted by Gasteiger charge is -2.22. The predicted molar refractivity (Wildman–Crippen MR) is 130 cm³/mol. The molecule has 0 aliphatic carbocycles. The smallest absolute Gasteiger partial charge is 0.273 e. The summed E-state index contributed by atoms with van der Waals surface area (Å²) in [5.74, 6) is -0.373. The molecule has 10 nitrogen and oxygen atoms in total. The molecule has 2 amide bonds. The molecule has 0 bridgehead atoms. The predicted octanol–water partition coefficient (Wildman–Crippen LogP) is 1.63. The van der Waals surface area contributed by atoms with E-state index in [0.717, 1.165) is 19.5 Å². The van der Waals surface area contributed by atoms with E-state index in [-0.39, 0.29) is 22.1 Å². The van der Waals surface area contributed by atoms with Gasteiger partial charge in [-0.05, 0) is 44.6 Å². The summed E-state index contributed by atoms with van der Waals surface area (Å²) in [5, 5.41) is 2.76. The number of benzene rings is 1. The summed E-state index contributed by atoms with van der Waals surface area (Å²) in [4.78, 5) is 36.3. The Kier molecular flexibility index (Phi) is 6.61. The standard InChI is InChI=1S/C23H30N6O4S/c1-5-28-10-7-11-29(13-12-28)34(32,33)18-9-6-8-17-20(18)16(22(30)25-17)14-19-24-15(2)21(26-19)23(31)27(3)4/h6,8-9,14H,5,7,10-13H2,1-4H3,(H,24,26)(H,25,30). The zero-order valence-corrected chi connectivity index (χ0v) is 20.7. The number of nitrogens with zero attached hydrogens (tertiary/aromatic N) is 4. The fourth-order valence-corrected chi connectivity index (χ4v) is 6.02. The third kappa shape index (κ3) is 4.38. The van der Waals surface area contributed by atoms with Gasteiger partial charge in [0.2, 0.25) is 10.0 Å². The van der Waals surface area contributed by atoms with Crippen LogP contribution in [-0.2, 0) is 14.8 Å². The van der Waals surface area contributed by atoms with Crippen molar-refractivity contribution in [2.24, 2.45) is 0 Å². The molecule has 34 heavy (non-hydrogen) atoms. The summed E-state index contributed by atoms with van der Waals surface area (Å²) in [6.07, 6.45) is 2.25. The number of H-pyrrole nitrogens is 1. The number of anilines is 1. The van der Waals surface area contributed by atoms with Crippen LogP contribution in [0.15, 0.2) is 23.1 Å². The maximum Gasteiger partial charge on any atom is 0.273 e. The SMILES string of the molecule is CCN1CCCN(S(=O)(=O)c2cccc3c2C(=Cc2nc(C(=O)N(C)C)c(C)[nH]2)C(=O)N3)CC1. The van der Waals surface area contributed by atoms with Gasteiger partial charge in [-0.1, -0.05) is 13.0 Å². The van der Waals surface area contributed by atoms with Crippen molar-refractivity contribution in [3.8, 4) is 0 Å². The van der Waals surface area contributed by atoms with Crippen molar-refractivity contribution in [3.05, 3.63) is 41.0 Å². The second-order valence-electron chi connectivity index (χ2n) is 8.68. The first-order valence-electron chi connectivity index (χ1n) is 11.3. The molecule has 1 fully saturated rings.